The Kier molecular flexibility index (Phi) is 4.20. The van der Waals surface area contributed by atoms with E-state index in [2.05, 4.69) is 11.1 Å². The molecule has 1 aliphatic carbocycles. The highest BCUT2D eigenvalue weighted by atomic mass is 32.2. The average Bonchev–Trinajstić information content (AvgIpc) is 3.18. The van der Waals surface area contributed by atoms with Gasteiger partial charge in [-0.2, -0.15) is 0 Å². The monoisotopic (exact) mass is 390 g/mol. The highest BCUT2D eigenvalue weighted by Crippen LogP contribution is 2.36. The quantitative estimate of drug-likeness (QED) is 0.667. The Morgan fingerprint density at radius 3 is 2.36 bits per heavy atom. The smallest absolute Gasteiger partial charge is 0.264 e. The van der Waals surface area contributed by atoms with Gasteiger partial charge in [0.25, 0.3) is 10.0 Å². The molecule has 0 amide bonds. The third kappa shape index (κ3) is 2.90. The van der Waals surface area contributed by atoms with Gasteiger partial charge in [-0.15, -0.1) is 0 Å². The molecule has 0 spiro atoms. The van der Waals surface area contributed by atoms with Crippen molar-refractivity contribution in [2.75, 3.05) is 10.8 Å². The van der Waals surface area contributed by atoms with Crippen LogP contribution in [0.1, 0.15) is 29.5 Å². The van der Waals surface area contributed by atoms with E-state index in [4.69, 9.17) is 0 Å². The molecule has 2 heterocycles. The maximum absolute atomic E-state index is 13.4. The number of aromatic nitrogens is 1. The molecule has 0 bridgehead atoms. The van der Waals surface area contributed by atoms with E-state index in [-0.39, 0.29) is 0 Å². The molecule has 1 aromatic heterocycles. The number of rotatable bonds is 3. The summed E-state index contributed by atoms with van der Waals surface area (Å²) in [7, 11) is -3.54. The summed E-state index contributed by atoms with van der Waals surface area (Å²) in [6.07, 6.45) is 8.65. The van der Waals surface area contributed by atoms with Gasteiger partial charge in [-0.05, 0) is 96.3 Å². The van der Waals surface area contributed by atoms with Crippen molar-refractivity contribution in [1.82, 2.24) is 4.98 Å². The number of anilines is 1. The minimum absolute atomic E-state index is 0.416. The van der Waals surface area contributed by atoms with E-state index in [1.807, 2.05) is 36.4 Å². The van der Waals surface area contributed by atoms with Crippen LogP contribution in [0, 0.1) is 0 Å². The molecule has 0 saturated heterocycles. The van der Waals surface area contributed by atoms with E-state index in [9.17, 15) is 8.42 Å². The molecule has 0 atom stereocenters. The third-order valence-corrected chi connectivity index (χ3v) is 7.66. The predicted octanol–water partition coefficient (Wildman–Crippen LogP) is 4.38. The zero-order chi connectivity index (χ0) is 19.1. The molecule has 2 aliphatic rings. The van der Waals surface area contributed by atoms with E-state index < -0.39 is 10.0 Å². The molecule has 3 aromatic rings. The van der Waals surface area contributed by atoms with Crippen LogP contribution in [0.15, 0.2) is 65.8 Å². The number of pyridine rings is 1. The van der Waals surface area contributed by atoms with Crippen LogP contribution in [-0.2, 0) is 29.3 Å². The Hall–Kier alpha value is -2.66. The van der Waals surface area contributed by atoms with Gasteiger partial charge in [0.05, 0.1) is 10.6 Å². The Balaban J connectivity index is 1.50. The average molecular weight is 391 g/mol. The van der Waals surface area contributed by atoms with Crippen LogP contribution in [-0.4, -0.2) is 19.9 Å². The first-order chi connectivity index (χ1) is 13.6. The van der Waals surface area contributed by atoms with Crippen LogP contribution in [0.4, 0.5) is 5.69 Å². The van der Waals surface area contributed by atoms with Crippen LogP contribution >= 0.6 is 0 Å². The van der Waals surface area contributed by atoms with Crippen LogP contribution in [0.3, 0.4) is 0 Å². The zero-order valence-electron chi connectivity index (χ0n) is 15.6. The summed E-state index contributed by atoms with van der Waals surface area (Å²) in [5, 5.41) is 0. The summed E-state index contributed by atoms with van der Waals surface area (Å²) in [5.41, 5.74) is 6.56. The highest BCUT2D eigenvalue weighted by molar-refractivity contribution is 7.92. The fraction of sp³-hybridized carbons (Fsp3) is 0.261. The lowest BCUT2D eigenvalue weighted by Crippen LogP contribution is -2.29. The Labute approximate surface area is 165 Å². The lowest BCUT2D eigenvalue weighted by molar-refractivity contribution is 0.591. The number of sulfonamides is 1. The second-order valence-corrected chi connectivity index (χ2v) is 9.41. The van der Waals surface area contributed by atoms with Crippen molar-refractivity contribution >= 4 is 15.7 Å². The molecule has 5 rings (SSSR count). The van der Waals surface area contributed by atoms with Gasteiger partial charge in [0.2, 0.25) is 0 Å². The predicted molar refractivity (Wildman–Crippen MR) is 111 cm³/mol. The minimum Gasteiger partial charge on any atom is -0.266 e. The molecule has 5 heteroatoms. The molecular formula is C23H22N2O2S. The van der Waals surface area contributed by atoms with Crippen molar-refractivity contribution in [3.63, 3.8) is 0 Å². The molecular weight excluding hydrogens is 368 g/mol. The number of fused-ring (bicyclic) bond motifs is 2. The van der Waals surface area contributed by atoms with Crippen LogP contribution < -0.4 is 4.31 Å². The molecule has 142 valence electrons. The van der Waals surface area contributed by atoms with Gasteiger partial charge in [-0.3, -0.25) is 9.29 Å². The van der Waals surface area contributed by atoms with Crippen molar-refractivity contribution in [1.29, 1.82) is 0 Å². The SMILES string of the molecule is O=S(=O)(c1ccc2c(c1)CCCC2)N1CCc2cc(-c3ccncc3)ccc21. The van der Waals surface area contributed by atoms with Gasteiger partial charge in [0, 0.05) is 18.9 Å². The fourth-order valence-electron chi connectivity index (χ4n) is 4.34. The lowest BCUT2D eigenvalue weighted by Gasteiger charge is -2.22. The zero-order valence-corrected chi connectivity index (χ0v) is 16.5. The number of nitrogens with zero attached hydrogens (tertiary/aromatic N) is 2. The maximum atomic E-state index is 13.4. The van der Waals surface area contributed by atoms with Crippen molar-refractivity contribution in [2.45, 2.75) is 37.0 Å². The summed E-state index contributed by atoms with van der Waals surface area (Å²) >= 11 is 0. The first-order valence-electron chi connectivity index (χ1n) is 9.81. The maximum Gasteiger partial charge on any atom is 0.264 e. The van der Waals surface area contributed by atoms with Crippen molar-refractivity contribution in [2.24, 2.45) is 0 Å². The van der Waals surface area contributed by atoms with E-state index >= 15 is 0 Å². The van der Waals surface area contributed by atoms with Gasteiger partial charge < -0.3 is 0 Å². The summed E-state index contributed by atoms with van der Waals surface area (Å²) in [5.74, 6) is 0. The second-order valence-electron chi connectivity index (χ2n) is 7.54. The first kappa shape index (κ1) is 17.4. The van der Waals surface area contributed by atoms with E-state index in [0.717, 1.165) is 48.1 Å². The third-order valence-electron chi connectivity index (χ3n) is 5.85. The summed E-state index contributed by atoms with van der Waals surface area (Å²) in [6.45, 7) is 0.495. The van der Waals surface area contributed by atoms with Crippen LogP contribution in [0.25, 0.3) is 11.1 Å². The Morgan fingerprint density at radius 2 is 1.54 bits per heavy atom. The van der Waals surface area contributed by atoms with Crippen molar-refractivity contribution in [3.05, 3.63) is 77.6 Å². The molecule has 0 radical (unpaired) electrons. The first-order valence-corrected chi connectivity index (χ1v) is 11.2. The number of aryl methyl sites for hydroxylation is 2. The molecule has 2 aromatic carbocycles. The Morgan fingerprint density at radius 1 is 0.750 bits per heavy atom. The number of benzene rings is 2. The molecule has 1 aliphatic heterocycles. The molecule has 0 unspecified atom stereocenters. The molecule has 0 fully saturated rings. The second kappa shape index (κ2) is 6.74. The topological polar surface area (TPSA) is 50.3 Å². The van der Waals surface area contributed by atoms with Gasteiger partial charge in [-0.25, -0.2) is 8.42 Å². The van der Waals surface area contributed by atoms with E-state index in [1.165, 1.54) is 17.5 Å². The highest BCUT2D eigenvalue weighted by Gasteiger charge is 2.31. The summed E-state index contributed by atoms with van der Waals surface area (Å²) in [6, 6.07) is 15.7. The summed E-state index contributed by atoms with van der Waals surface area (Å²) in [4.78, 5) is 4.48. The lowest BCUT2D eigenvalue weighted by atomic mass is 9.92. The molecule has 28 heavy (non-hydrogen) atoms. The van der Waals surface area contributed by atoms with Gasteiger partial charge in [-0.1, -0.05) is 12.1 Å². The minimum atomic E-state index is -3.54. The standard InChI is InChI=1S/C23H22N2O2S/c26-28(27,22-7-5-17-3-1-2-4-19(17)16-22)25-14-11-21-15-20(6-8-23(21)25)18-9-12-24-13-10-18/h5-10,12-13,15-16H,1-4,11,14H2. The van der Waals surface area contributed by atoms with Gasteiger partial charge in [0.1, 0.15) is 0 Å². The molecule has 4 nitrogen and oxygen atoms in total. The van der Waals surface area contributed by atoms with Crippen molar-refractivity contribution in [3.8, 4) is 11.1 Å². The largest absolute Gasteiger partial charge is 0.266 e. The van der Waals surface area contributed by atoms with Gasteiger partial charge >= 0.3 is 0 Å². The molecule has 0 N–H and O–H groups in total. The van der Waals surface area contributed by atoms with E-state index in [0.29, 0.717) is 11.4 Å². The van der Waals surface area contributed by atoms with Crippen LogP contribution in [0.5, 0.6) is 0 Å². The van der Waals surface area contributed by atoms with E-state index in [1.54, 1.807) is 22.8 Å². The van der Waals surface area contributed by atoms with Gasteiger partial charge in [0.15, 0.2) is 0 Å². The summed E-state index contributed by atoms with van der Waals surface area (Å²) < 4.78 is 28.3. The normalized spacial score (nSPS) is 15.9. The molecule has 0 saturated carbocycles. The number of hydrogen-bond acceptors (Lipinski definition) is 3. The van der Waals surface area contributed by atoms with Crippen molar-refractivity contribution < 1.29 is 8.42 Å². The Bertz CT molecular complexity index is 1140. The fourth-order valence-corrected chi connectivity index (χ4v) is 5.90. The van der Waals surface area contributed by atoms with Crippen LogP contribution in [0.2, 0.25) is 0 Å². The number of hydrogen-bond donors (Lipinski definition) is 0.